The number of amides is 1. The molecule has 1 aromatic heterocycles. The zero-order valence-electron chi connectivity index (χ0n) is 16.7. The van der Waals surface area contributed by atoms with E-state index in [0.717, 1.165) is 6.07 Å². The van der Waals surface area contributed by atoms with Gasteiger partial charge in [-0.15, -0.1) is 11.3 Å². The molecular formula is C22H20FNO5S. The Bertz CT molecular complexity index is 1080. The Kier molecular flexibility index (Phi) is 6.68. The Morgan fingerprint density at radius 3 is 2.50 bits per heavy atom. The highest BCUT2D eigenvalue weighted by molar-refractivity contribution is 7.15. The van der Waals surface area contributed by atoms with Crippen LogP contribution in [0.4, 0.5) is 9.39 Å². The number of halogens is 1. The van der Waals surface area contributed by atoms with Crippen LogP contribution in [0.15, 0.2) is 47.8 Å². The number of rotatable bonds is 7. The molecule has 0 aliphatic carbocycles. The Morgan fingerprint density at radius 1 is 1.07 bits per heavy atom. The molecule has 0 fully saturated rings. The number of esters is 1. The number of carbonyl (C=O) groups excluding carboxylic acids is 2. The maximum atomic E-state index is 13.5. The van der Waals surface area contributed by atoms with Gasteiger partial charge in [-0.2, -0.15) is 0 Å². The third kappa shape index (κ3) is 4.44. The summed E-state index contributed by atoms with van der Waals surface area (Å²) in [6, 6.07) is 10.6. The lowest BCUT2D eigenvalue weighted by atomic mass is 10.0. The standard InChI is InChI=1S/C22H20FNO5S/c1-4-29-22(26)19-16(13-8-9-17(27-2)18(11-13)28-3)12-30-21(19)24-20(25)14-6-5-7-15(23)10-14/h5-12H,4H2,1-3H3,(H,24,25). The van der Waals surface area contributed by atoms with Crippen molar-refractivity contribution in [1.82, 2.24) is 0 Å². The number of hydrogen-bond donors (Lipinski definition) is 1. The van der Waals surface area contributed by atoms with Crippen molar-refractivity contribution < 1.29 is 28.2 Å². The lowest BCUT2D eigenvalue weighted by molar-refractivity contribution is 0.0529. The second-order valence-electron chi connectivity index (χ2n) is 6.11. The van der Waals surface area contributed by atoms with Gasteiger partial charge in [0.15, 0.2) is 11.5 Å². The van der Waals surface area contributed by atoms with Crippen LogP contribution in [0.2, 0.25) is 0 Å². The van der Waals surface area contributed by atoms with Crippen molar-refractivity contribution in [2.24, 2.45) is 0 Å². The van der Waals surface area contributed by atoms with E-state index in [4.69, 9.17) is 14.2 Å². The fourth-order valence-electron chi connectivity index (χ4n) is 2.88. The number of thiophene rings is 1. The van der Waals surface area contributed by atoms with Crippen LogP contribution in [0, 0.1) is 5.82 Å². The van der Waals surface area contributed by atoms with E-state index in [1.54, 1.807) is 30.5 Å². The minimum absolute atomic E-state index is 0.144. The van der Waals surface area contributed by atoms with Crippen LogP contribution in [-0.2, 0) is 4.74 Å². The van der Waals surface area contributed by atoms with Gasteiger partial charge in [-0.1, -0.05) is 12.1 Å². The summed E-state index contributed by atoms with van der Waals surface area (Å²) in [5.41, 5.74) is 1.64. The van der Waals surface area contributed by atoms with Gasteiger partial charge in [-0.25, -0.2) is 9.18 Å². The summed E-state index contributed by atoms with van der Waals surface area (Å²) in [5.74, 6) is -0.570. The fourth-order valence-corrected chi connectivity index (χ4v) is 3.83. The van der Waals surface area contributed by atoms with Gasteiger partial charge >= 0.3 is 5.97 Å². The summed E-state index contributed by atoms with van der Waals surface area (Å²) < 4.78 is 29.3. The number of ether oxygens (including phenoxy) is 3. The van der Waals surface area contributed by atoms with E-state index in [1.807, 2.05) is 0 Å². The summed E-state index contributed by atoms with van der Waals surface area (Å²) in [7, 11) is 3.05. The molecule has 2 aromatic carbocycles. The van der Waals surface area contributed by atoms with Crippen molar-refractivity contribution >= 4 is 28.2 Å². The molecule has 0 saturated heterocycles. The molecule has 0 atom stereocenters. The van der Waals surface area contributed by atoms with Gasteiger partial charge in [0.05, 0.1) is 20.8 Å². The minimum atomic E-state index is -0.571. The Morgan fingerprint density at radius 2 is 1.83 bits per heavy atom. The number of anilines is 1. The van der Waals surface area contributed by atoms with Gasteiger partial charge in [0.2, 0.25) is 0 Å². The number of benzene rings is 2. The van der Waals surface area contributed by atoms with Crippen molar-refractivity contribution in [2.45, 2.75) is 6.92 Å². The zero-order valence-corrected chi connectivity index (χ0v) is 17.5. The lowest BCUT2D eigenvalue weighted by Crippen LogP contribution is -2.15. The first-order valence-electron chi connectivity index (χ1n) is 9.06. The Hall–Kier alpha value is -3.39. The Balaban J connectivity index is 2.02. The molecule has 0 spiro atoms. The smallest absolute Gasteiger partial charge is 0.341 e. The maximum absolute atomic E-state index is 13.5. The average Bonchev–Trinajstić information content (AvgIpc) is 3.16. The molecule has 0 saturated carbocycles. The minimum Gasteiger partial charge on any atom is -0.493 e. The van der Waals surface area contributed by atoms with E-state index < -0.39 is 17.7 Å². The fraction of sp³-hybridized carbons (Fsp3) is 0.182. The molecule has 3 rings (SSSR count). The molecule has 0 aliphatic heterocycles. The number of nitrogens with one attached hydrogen (secondary N) is 1. The molecule has 0 bridgehead atoms. The van der Waals surface area contributed by atoms with E-state index in [1.165, 1.54) is 43.8 Å². The SMILES string of the molecule is CCOC(=O)c1c(-c2ccc(OC)c(OC)c2)csc1NC(=O)c1cccc(F)c1. The van der Waals surface area contributed by atoms with Gasteiger partial charge in [0.25, 0.3) is 5.91 Å². The van der Waals surface area contributed by atoms with Gasteiger partial charge in [0, 0.05) is 16.5 Å². The highest BCUT2D eigenvalue weighted by Crippen LogP contribution is 2.39. The van der Waals surface area contributed by atoms with Crippen LogP contribution in [-0.4, -0.2) is 32.7 Å². The largest absolute Gasteiger partial charge is 0.493 e. The van der Waals surface area contributed by atoms with Gasteiger partial charge in [0.1, 0.15) is 16.4 Å². The molecule has 1 N–H and O–H groups in total. The van der Waals surface area contributed by atoms with Gasteiger partial charge < -0.3 is 19.5 Å². The third-order valence-corrected chi connectivity index (χ3v) is 5.17. The van der Waals surface area contributed by atoms with Crippen LogP contribution in [0.1, 0.15) is 27.6 Å². The number of methoxy groups -OCH3 is 2. The van der Waals surface area contributed by atoms with Crippen molar-refractivity contribution in [3.63, 3.8) is 0 Å². The number of carbonyl (C=O) groups is 2. The van der Waals surface area contributed by atoms with Crippen LogP contribution in [0.25, 0.3) is 11.1 Å². The second-order valence-corrected chi connectivity index (χ2v) is 6.99. The normalized spacial score (nSPS) is 10.4. The molecule has 156 valence electrons. The van der Waals surface area contributed by atoms with E-state index >= 15 is 0 Å². The second kappa shape index (κ2) is 9.41. The van der Waals surface area contributed by atoms with E-state index in [-0.39, 0.29) is 17.7 Å². The molecule has 1 amide bonds. The van der Waals surface area contributed by atoms with Crippen molar-refractivity contribution in [1.29, 1.82) is 0 Å². The highest BCUT2D eigenvalue weighted by atomic mass is 32.1. The lowest BCUT2D eigenvalue weighted by Gasteiger charge is -2.11. The van der Waals surface area contributed by atoms with Crippen molar-refractivity contribution in [3.05, 3.63) is 64.8 Å². The molecule has 8 heteroatoms. The topological polar surface area (TPSA) is 73.9 Å². The zero-order chi connectivity index (χ0) is 21.7. The van der Waals surface area contributed by atoms with Gasteiger partial charge in [-0.3, -0.25) is 4.79 Å². The molecule has 0 aliphatic rings. The first-order valence-corrected chi connectivity index (χ1v) is 9.94. The van der Waals surface area contributed by atoms with Crippen LogP contribution in [0.3, 0.4) is 0 Å². The molecule has 1 heterocycles. The molecule has 30 heavy (non-hydrogen) atoms. The van der Waals surface area contributed by atoms with Crippen molar-refractivity contribution in [2.75, 3.05) is 26.1 Å². The summed E-state index contributed by atoms with van der Waals surface area (Å²) in [6.07, 6.45) is 0. The first kappa shape index (κ1) is 21.3. The van der Waals surface area contributed by atoms with E-state index in [0.29, 0.717) is 27.6 Å². The Labute approximate surface area is 177 Å². The first-order chi connectivity index (χ1) is 14.5. The number of hydrogen-bond acceptors (Lipinski definition) is 6. The summed E-state index contributed by atoms with van der Waals surface area (Å²) in [6.45, 7) is 1.88. The van der Waals surface area contributed by atoms with Crippen LogP contribution < -0.4 is 14.8 Å². The van der Waals surface area contributed by atoms with E-state index in [9.17, 15) is 14.0 Å². The molecule has 6 nitrogen and oxygen atoms in total. The maximum Gasteiger partial charge on any atom is 0.341 e. The summed E-state index contributed by atoms with van der Waals surface area (Å²) in [5, 5.41) is 4.75. The predicted molar refractivity (Wildman–Crippen MR) is 113 cm³/mol. The monoisotopic (exact) mass is 429 g/mol. The van der Waals surface area contributed by atoms with E-state index in [2.05, 4.69) is 5.32 Å². The summed E-state index contributed by atoms with van der Waals surface area (Å²) >= 11 is 1.18. The molecule has 3 aromatic rings. The van der Waals surface area contributed by atoms with Crippen LogP contribution in [0.5, 0.6) is 11.5 Å². The molecular weight excluding hydrogens is 409 g/mol. The third-order valence-electron chi connectivity index (χ3n) is 4.28. The van der Waals surface area contributed by atoms with Crippen LogP contribution >= 0.6 is 11.3 Å². The summed E-state index contributed by atoms with van der Waals surface area (Å²) in [4.78, 5) is 25.3. The predicted octanol–water partition coefficient (Wildman–Crippen LogP) is 5.00. The molecule has 0 radical (unpaired) electrons. The van der Waals surface area contributed by atoms with Gasteiger partial charge in [-0.05, 0) is 42.8 Å². The van der Waals surface area contributed by atoms with Crippen molar-refractivity contribution in [3.8, 4) is 22.6 Å². The highest BCUT2D eigenvalue weighted by Gasteiger charge is 2.24. The molecule has 0 unspecified atom stereocenters. The quantitative estimate of drug-likeness (QED) is 0.535. The average molecular weight is 429 g/mol.